The second-order valence-corrected chi connectivity index (χ2v) is 4.58. The average molecular weight is 202 g/mol. The fourth-order valence-electron chi connectivity index (χ4n) is 1.59. The molecule has 1 unspecified atom stereocenters. The Bertz CT molecular complexity index is 134. The standard InChI is InChI=1S/C12H26O2/c1-6-12(4,11(2)3)8-7-9-14-10-13-5/h11H,6-10H2,1-5H3. The summed E-state index contributed by atoms with van der Waals surface area (Å²) in [5.74, 6) is 0.745. The summed E-state index contributed by atoms with van der Waals surface area (Å²) in [7, 11) is 1.66. The SMILES string of the molecule is CCC(C)(CCCOCOC)C(C)C. The molecule has 0 saturated carbocycles. The van der Waals surface area contributed by atoms with Gasteiger partial charge in [-0.15, -0.1) is 0 Å². The molecule has 2 heteroatoms. The van der Waals surface area contributed by atoms with Crippen molar-refractivity contribution in [3.8, 4) is 0 Å². The van der Waals surface area contributed by atoms with E-state index in [0.29, 0.717) is 12.2 Å². The van der Waals surface area contributed by atoms with Gasteiger partial charge >= 0.3 is 0 Å². The van der Waals surface area contributed by atoms with Crippen LogP contribution < -0.4 is 0 Å². The molecule has 0 aliphatic carbocycles. The molecule has 14 heavy (non-hydrogen) atoms. The van der Waals surface area contributed by atoms with Crippen LogP contribution in [0.5, 0.6) is 0 Å². The third-order valence-corrected chi connectivity index (χ3v) is 3.44. The lowest BCUT2D eigenvalue weighted by atomic mass is 9.73. The van der Waals surface area contributed by atoms with E-state index in [2.05, 4.69) is 27.7 Å². The van der Waals surface area contributed by atoms with Crippen molar-refractivity contribution in [2.45, 2.75) is 47.0 Å². The van der Waals surface area contributed by atoms with Crippen LogP contribution in [0.2, 0.25) is 0 Å². The van der Waals surface area contributed by atoms with Crippen LogP contribution in [0.4, 0.5) is 0 Å². The van der Waals surface area contributed by atoms with Crippen LogP contribution in [0.15, 0.2) is 0 Å². The summed E-state index contributed by atoms with van der Waals surface area (Å²) in [6.07, 6.45) is 3.62. The Morgan fingerprint density at radius 2 is 1.93 bits per heavy atom. The van der Waals surface area contributed by atoms with E-state index in [0.717, 1.165) is 18.9 Å². The lowest BCUT2D eigenvalue weighted by Crippen LogP contribution is -2.23. The fraction of sp³-hybridized carbons (Fsp3) is 1.00. The topological polar surface area (TPSA) is 18.5 Å². The monoisotopic (exact) mass is 202 g/mol. The van der Waals surface area contributed by atoms with Crippen LogP contribution in [0.25, 0.3) is 0 Å². The molecule has 0 aromatic heterocycles. The highest BCUT2D eigenvalue weighted by Gasteiger charge is 2.25. The van der Waals surface area contributed by atoms with Gasteiger partial charge in [-0.3, -0.25) is 0 Å². The van der Waals surface area contributed by atoms with Gasteiger partial charge in [-0.05, 0) is 24.2 Å². The Balaban J connectivity index is 3.63. The molecule has 0 aromatic rings. The normalized spacial score (nSPS) is 15.9. The van der Waals surface area contributed by atoms with Crippen molar-refractivity contribution >= 4 is 0 Å². The highest BCUT2D eigenvalue weighted by Crippen LogP contribution is 2.35. The third-order valence-electron chi connectivity index (χ3n) is 3.44. The fourth-order valence-corrected chi connectivity index (χ4v) is 1.59. The van der Waals surface area contributed by atoms with Crippen LogP contribution in [0.1, 0.15) is 47.0 Å². The van der Waals surface area contributed by atoms with Gasteiger partial charge in [0.15, 0.2) is 0 Å². The van der Waals surface area contributed by atoms with Gasteiger partial charge in [0.2, 0.25) is 0 Å². The maximum atomic E-state index is 5.28. The molecule has 2 nitrogen and oxygen atoms in total. The van der Waals surface area contributed by atoms with Gasteiger partial charge in [-0.2, -0.15) is 0 Å². The zero-order valence-electron chi connectivity index (χ0n) is 10.4. The molecule has 0 aliphatic rings. The molecule has 0 heterocycles. The van der Waals surface area contributed by atoms with E-state index >= 15 is 0 Å². The molecule has 0 amide bonds. The maximum absolute atomic E-state index is 5.28. The molecular weight excluding hydrogens is 176 g/mol. The van der Waals surface area contributed by atoms with Crippen molar-refractivity contribution in [3.63, 3.8) is 0 Å². The molecule has 0 aliphatic heterocycles. The maximum Gasteiger partial charge on any atom is 0.146 e. The first-order valence-electron chi connectivity index (χ1n) is 5.63. The molecule has 0 spiro atoms. The van der Waals surface area contributed by atoms with Crippen molar-refractivity contribution in [1.29, 1.82) is 0 Å². The van der Waals surface area contributed by atoms with Gasteiger partial charge in [0, 0.05) is 13.7 Å². The van der Waals surface area contributed by atoms with Crippen LogP contribution in [-0.4, -0.2) is 20.5 Å². The number of methoxy groups -OCH3 is 1. The van der Waals surface area contributed by atoms with Gasteiger partial charge in [0.25, 0.3) is 0 Å². The van der Waals surface area contributed by atoms with E-state index in [1.807, 2.05) is 0 Å². The Morgan fingerprint density at radius 1 is 1.29 bits per heavy atom. The number of hydrogen-bond acceptors (Lipinski definition) is 2. The Labute approximate surface area is 89.0 Å². The summed E-state index contributed by atoms with van der Waals surface area (Å²) in [5.41, 5.74) is 0.469. The predicted molar refractivity (Wildman–Crippen MR) is 60.3 cm³/mol. The van der Waals surface area contributed by atoms with Crippen LogP contribution in [0, 0.1) is 11.3 Å². The van der Waals surface area contributed by atoms with E-state index < -0.39 is 0 Å². The molecule has 0 rings (SSSR count). The lowest BCUT2D eigenvalue weighted by molar-refractivity contribution is -0.0345. The minimum Gasteiger partial charge on any atom is -0.359 e. The Kier molecular flexibility index (Phi) is 7.20. The highest BCUT2D eigenvalue weighted by atomic mass is 16.7. The Hall–Kier alpha value is -0.0800. The van der Waals surface area contributed by atoms with Crippen LogP contribution in [0.3, 0.4) is 0 Å². The van der Waals surface area contributed by atoms with E-state index in [9.17, 15) is 0 Å². The third kappa shape index (κ3) is 4.97. The summed E-state index contributed by atoms with van der Waals surface area (Å²) in [4.78, 5) is 0. The van der Waals surface area contributed by atoms with Crippen molar-refractivity contribution < 1.29 is 9.47 Å². The first kappa shape index (κ1) is 13.9. The number of ether oxygens (including phenoxy) is 2. The molecule has 0 saturated heterocycles. The molecular formula is C12H26O2. The quantitative estimate of drug-likeness (QED) is 0.443. The van der Waals surface area contributed by atoms with Gasteiger partial charge < -0.3 is 9.47 Å². The first-order chi connectivity index (χ1) is 6.56. The largest absolute Gasteiger partial charge is 0.359 e. The molecule has 0 N–H and O–H groups in total. The van der Waals surface area contributed by atoms with Gasteiger partial charge in [0.05, 0.1) is 0 Å². The predicted octanol–water partition coefficient (Wildman–Crippen LogP) is 3.46. The zero-order valence-corrected chi connectivity index (χ0v) is 10.4. The van der Waals surface area contributed by atoms with Gasteiger partial charge in [0.1, 0.15) is 6.79 Å². The molecule has 86 valence electrons. The number of hydrogen-bond donors (Lipinski definition) is 0. The highest BCUT2D eigenvalue weighted by molar-refractivity contribution is 4.75. The van der Waals surface area contributed by atoms with Gasteiger partial charge in [-0.1, -0.05) is 34.1 Å². The van der Waals surface area contributed by atoms with Crippen LogP contribution in [-0.2, 0) is 9.47 Å². The van der Waals surface area contributed by atoms with Crippen molar-refractivity contribution in [2.24, 2.45) is 11.3 Å². The summed E-state index contributed by atoms with van der Waals surface area (Å²) in [5, 5.41) is 0. The average Bonchev–Trinajstić information content (AvgIpc) is 2.17. The second-order valence-electron chi connectivity index (χ2n) is 4.58. The Morgan fingerprint density at radius 3 is 2.36 bits per heavy atom. The summed E-state index contributed by atoms with van der Waals surface area (Å²) >= 11 is 0. The minimum atomic E-state index is 0.421. The molecule has 0 radical (unpaired) electrons. The van der Waals surface area contributed by atoms with E-state index in [1.165, 1.54) is 12.8 Å². The van der Waals surface area contributed by atoms with Crippen LogP contribution >= 0.6 is 0 Å². The first-order valence-corrected chi connectivity index (χ1v) is 5.63. The summed E-state index contributed by atoms with van der Waals surface area (Å²) in [6, 6.07) is 0. The summed E-state index contributed by atoms with van der Waals surface area (Å²) < 4.78 is 10.1. The lowest BCUT2D eigenvalue weighted by Gasteiger charge is -2.32. The number of rotatable bonds is 8. The van der Waals surface area contributed by atoms with Gasteiger partial charge in [-0.25, -0.2) is 0 Å². The van der Waals surface area contributed by atoms with E-state index in [4.69, 9.17) is 9.47 Å². The zero-order chi connectivity index (χ0) is 11.0. The van der Waals surface area contributed by atoms with Crippen molar-refractivity contribution in [2.75, 3.05) is 20.5 Å². The molecule has 0 bridgehead atoms. The molecule has 0 fully saturated rings. The smallest absolute Gasteiger partial charge is 0.146 e. The van der Waals surface area contributed by atoms with Crippen molar-refractivity contribution in [1.82, 2.24) is 0 Å². The van der Waals surface area contributed by atoms with Crippen molar-refractivity contribution in [3.05, 3.63) is 0 Å². The molecule has 0 aromatic carbocycles. The second kappa shape index (κ2) is 7.24. The van der Waals surface area contributed by atoms with E-state index in [-0.39, 0.29) is 0 Å². The van der Waals surface area contributed by atoms with E-state index in [1.54, 1.807) is 7.11 Å². The summed E-state index contributed by atoms with van der Waals surface area (Å²) in [6.45, 7) is 10.5. The minimum absolute atomic E-state index is 0.421. The molecule has 1 atom stereocenters.